The Hall–Kier alpha value is -0.750. The standard InChI is InChI=1S/C5H11O7P/c1-13(10,11,12)3(5(8)9)2-4(6)7/h3,10-12H,2H2,1H3,(H,6,7)(H,8,9). The maximum absolute atomic E-state index is 10.4. The average Bonchev–Trinajstić information content (AvgIpc) is 1.77. The van der Waals surface area contributed by atoms with Gasteiger partial charge in [0.25, 0.3) is 0 Å². The zero-order chi connectivity index (χ0) is 10.9. The summed E-state index contributed by atoms with van der Waals surface area (Å²) in [6.45, 7) is 0.535. The molecule has 0 bridgehead atoms. The summed E-state index contributed by atoms with van der Waals surface area (Å²) < 4.78 is 0. The molecule has 1 atom stereocenters. The van der Waals surface area contributed by atoms with Crippen molar-refractivity contribution in [3.63, 3.8) is 0 Å². The van der Waals surface area contributed by atoms with E-state index in [1.165, 1.54) is 0 Å². The summed E-state index contributed by atoms with van der Waals surface area (Å²) in [5.41, 5.74) is -2.08. The van der Waals surface area contributed by atoms with E-state index in [-0.39, 0.29) is 0 Å². The summed E-state index contributed by atoms with van der Waals surface area (Å²) in [6.07, 6.45) is -1.03. The molecular weight excluding hydrogens is 203 g/mol. The van der Waals surface area contributed by atoms with Gasteiger partial charge in [0.2, 0.25) is 0 Å². The molecule has 0 heterocycles. The first-order chi connectivity index (χ1) is 5.51. The number of hydrogen-bond donors (Lipinski definition) is 5. The zero-order valence-corrected chi connectivity index (χ0v) is 7.68. The third-order valence-corrected chi connectivity index (χ3v) is 3.25. The monoisotopic (exact) mass is 214 g/mol. The van der Waals surface area contributed by atoms with E-state index in [9.17, 15) is 9.59 Å². The quantitative estimate of drug-likeness (QED) is 0.371. The summed E-state index contributed by atoms with van der Waals surface area (Å²) in [4.78, 5) is 47.4. The summed E-state index contributed by atoms with van der Waals surface area (Å²) in [5.74, 6) is -3.28. The predicted octanol–water partition coefficient (Wildman–Crippen LogP) is -1.18. The van der Waals surface area contributed by atoms with Crippen molar-refractivity contribution in [2.75, 3.05) is 6.66 Å². The van der Waals surface area contributed by atoms with Crippen LogP contribution in [-0.4, -0.2) is 49.2 Å². The minimum atomic E-state index is -5.36. The van der Waals surface area contributed by atoms with Gasteiger partial charge in [0.1, 0.15) is 0 Å². The summed E-state index contributed by atoms with van der Waals surface area (Å²) >= 11 is 0. The van der Waals surface area contributed by atoms with Crippen LogP contribution in [0.3, 0.4) is 0 Å². The van der Waals surface area contributed by atoms with Gasteiger partial charge in [0, 0.05) is 0 Å². The van der Waals surface area contributed by atoms with Crippen molar-refractivity contribution in [2.24, 2.45) is 0 Å². The van der Waals surface area contributed by atoms with Gasteiger partial charge in [-0.1, -0.05) is 0 Å². The van der Waals surface area contributed by atoms with Gasteiger partial charge in [-0.2, -0.15) is 0 Å². The van der Waals surface area contributed by atoms with Crippen molar-refractivity contribution in [1.29, 1.82) is 0 Å². The van der Waals surface area contributed by atoms with Crippen LogP contribution in [-0.2, 0) is 9.59 Å². The number of carbonyl (C=O) groups is 2. The minimum absolute atomic E-state index is 0.535. The molecule has 7 nitrogen and oxygen atoms in total. The molecule has 0 aliphatic heterocycles. The van der Waals surface area contributed by atoms with E-state index in [0.29, 0.717) is 6.66 Å². The zero-order valence-electron chi connectivity index (χ0n) is 6.78. The normalized spacial score (nSPS) is 17.1. The Bertz CT molecular complexity index is 230. The Morgan fingerprint density at radius 2 is 1.62 bits per heavy atom. The molecule has 0 aromatic heterocycles. The van der Waals surface area contributed by atoms with Crippen LogP contribution in [0.25, 0.3) is 0 Å². The van der Waals surface area contributed by atoms with E-state index in [1.54, 1.807) is 0 Å². The molecule has 78 valence electrons. The van der Waals surface area contributed by atoms with Gasteiger partial charge in [0.15, 0.2) is 0 Å². The van der Waals surface area contributed by atoms with Gasteiger partial charge < -0.3 is 0 Å². The van der Waals surface area contributed by atoms with Gasteiger partial charge >= 0.3 is 72.4 Å². The van der Waals surface area contributed by atoms with E-state index >= 15 is 0 Å². The fraction of sp³-hybridized carbons (Fsp3) is 0.600. The second-order valence-electron chi connectivity index (χ2n) is 2.92. The van der Waals surface area contributed by atoms with Crippen LogP contribution < -0.4 is 0 Å². The molecule has 0 rings (SSSR count). The molecule has 1 unspecified atom stereocenters. The van der Waals surface area contributed by atoms with Crippen molar-refractivity contribution in [3.8, 4) is 0 Å². The first-order valence-electron chi connectivity index (χ1n) is 3.21. The van der Waals surface area contributed by atoms with Crippen molar-refractivity contribution in [2.45, 2.75) is 12.1 Å². The molecule has 0 aromatic carbocycles. The number of carboxylic acid groups (broad SMARTS) is 2. The molecule has 0 aliphatic rings. The van der Waals surface area contributed by atoms with Crippen molar-refractivity contribution in [1.82, 2.24) is 0 Å². The van der Waals surface area contributed by atoms with Crippen LogP contribution in [0.5, 0.6) is 0 Å². The predicted molar refractivity (Wildman–Crippen MR) is 43.2 cm³/mol. The Balaban J connectivity index is 4.84. The molecule has 0 saturated carbocycles. The van der Waals surface area contributed by atoms with Gasteiger partial charge in [0.05, 0.1) is 0 Å². The fourth-order valence-electron chi connectivity index (χ4n) is 0.725. The summed E-state index contributed by atoms with van der Waals surface area (Å²) in [7, 11) is -5.36. The van der Waals surface area contributed by atoms with E-state index in [2.05, 4.69) is 0 Å². The third kappa shape index (κ3) is 4.14. The molecule has 0 radical (unpaired) electrons. The topological polar surface area (TPSA) is 135 Å². The van der Waals surface area contributed by atoms with Crippen LogP contribution in [0, 0.1) is 0 Å². The Kier molecular flexibility index (Phi) is 3.01. The average molecular weight is 214 g/mol. The van der Waals surface area contributed by atoms with Gasteiger partial charge in [-0.25, -0.2) is 0 Å². The van der Waals surface area contributed by atoms with Crippen LogP contribution in [0.15, 0.2) is 0 Å². The number of carboxylic acids is 2. The van der Waals surface area contributed by atoms with Crippen LogP contribution >= 0.6 is 7.28 Å². The second-order valence-corrected chi connectivity index (χ2v) is 6.49. The van der Waals surface area contributed by atoms with Crippen molar-refractivity contribution < 1.29 is 34.5 Å². The fourth-order valence-corrected chi connectivity index (χ4v) is 1.83. The molecular formula is C5H11O7P. The Labute approximate surface area is 73.4 Å². The van der Waals surface area contributed by atoms with E-state index in [4.69, 9.17) is 24.9 Å². The van der Waals surface area contributed by atoms with Gasteiger partial charge in [-0.3, -0.25) is 0 Å². The molecule has 0 amide bonds. The Morgan fingerprint density at radius 3 is 1.69 bits per heavy atom. The molecule has 8 heteroatoms. The summed E-state index contributed by atoms with van der Waals surface area (Å²) in [6, 6.07) is 0. The molecule has 5 N–H and O–H groups in total. The first-order valence-corrected chi connectivity index (χ1v) is 5.82. The van der Waals surface area contributed by atoms with Crippen LogP contribution in [0.4, 0.5) is 0 Å². The van der Waals surface area contributed by atoms with Crippen LogP contribution in [0.2, 0.25) is 0 Å². The number of aliphatic carboxylic acids is 2. The Morgan fingerprint density at radius 1 is 1.23 bits per heavy atom. The summed E-state index contributed by atoms with van der Waals surface area (Å²) in [5, 5.41) is 16.6. The molecule has 0 spiro atoms. The number of hydrogen-bond acceptors (Lipinski definition) is 5. The van der Waals surface area contributed by atoms with E-state index in [1.807, 2.05) is 0 Å². The SMILES string of the molecule is CP(O)(O)(O)C(CC(=O)O)C(=O)O. The second kappa shape index (κ2) is 3.19. The molecule has 13 heavy (non-hydrogen) atoms. The van der Waals surface area contributed by atoms with Crippen molar-refractivity contribution >= 4 is 19.2 Å². The molecule has 0 saturated heterocycles. The third-order valence-electron chi connectivity index (χ3n) is 1.38. The maximum atomic E-state index is 10.4. The van der Waals surface area contributed by atoms with Crippen molar-refractivity contribution in [3.05, 3.63) is 0 Å². The first kappa shape index (κ1) is 12.2. The molecule has 0 aliphatic carbocycles. The van der Waals surface area contributed by atoms with Gasteiger partial charge in [-0.05, 0) is 0 Å². The van der Waals surface area contributed by atoms with E-state index < -0.39 is 31.3 Å². The van der Waals surface area contributed by atoms with E-state index in [0.717, 1.165) is 0 Å². The molecule has 0 aromatic rings. The number of rotatable bonds is 4. The molecule has 0 fully saturated rings. The van der Waals surface area contributed by atoms with Crippen LogP contribution in [0.1, 0.15) is 6.42 Å². The van der Waals surface area contributed by atoms with Gasteiger partial charge in [-0.15, -0.1) is 0 Å².